The van der Waals surface area contributed by atoms with Gasteiger partial charge >= 0.3 is 0 Å². The summed E-state index contributed by atoms with van der Waals surface area (Å²) in [5, 5.41) is 8.96. The van der Waals surface area contributed by atoms with Crippen molar-refractivity contribution in [3.8, 4) is 0 Å². The minimum Gasteiger partial charge on any atom is -0.396 e. The minimum absolute atomic E-state index is 0.285. The zero-order valence-electron chi connectivity index (χ0n) is 11.7. The normalized spacial score (nSPS) is 14.5. The van der Waals surface area contributed by atoms with Gasteiger partial charge in [-0.2, -0.15) is 0 Å². The molecule has 1 aromatic carbocycles. The van der Waals surface area contributed by atoms with Crippen molar-refractivity contribution in [3.05, 3.63) is 34.9 Å². The number of aryl methyl sites for hydroxylation is 2. The van der Waals surface area contributed by atoms with Crippen molar-refractivity contribution in [2.75, 3.05) is 13.2 Å². The van der Waals surface area contributed by atoms with Crippen molar-refractivity contribution in [3.63, 3.8) is 0 Å². The van der Waals surface area contributed by atoms with Crippen molar-refractivity contribution in [2.45, 2.75) is 52.1 Å². The van der Waals surface area contributed by atoms with Gasteiger partial charge in [0, 0.05) is 25.7 Å². The van der Waals surface area contributed by atoms with Gasteiger partial charge in [0.2, 0.25) is 0 Å². The van der Waals surface area contributed by atoms with Gasteiger partial charge in [-0.1, -0.05) is 18.2 Å². The third kappa shape index (κ3) is 3.33. The molecule has 1 aromatic rings. The molecule has 0 spiro atoms. The van der Waals surface area contributed by atoms with E-state index >= 15 is 0 Å². The highest BCUT2D eigenvalue weighted by Crippen LogP contribution is 2.23. The average molecular weight is 247 g/mol. The Hall–Kier alpha value is -0.860. The minimum atomic E-state index is 0.285. The number of fused-ring (bicyclic) bond motifs is 1. The van der Waals surface area contributed by atoms with Crippen LogP contribution in [-0.4, -0.2) is 29.2 Å². The fourth-order valence-electron chi connectivity index (χ4n) is 2.75. The number of aliphatic hydroxyl groups excluding tert-OH is 1. The fraction of sp³-hybridized carbons (Fsp3) is 0.625. The van der Waals surface area contributed by atoms with Gasteiger partial charge in [-0.05, 0) is 56.2 Å². The van der Waals surface area contributed by atoms with Crippen LogP contribution in [0.5, 0.6) is 0 Å². The Kier molecular flexibility index (Phi) is 4.79. The Morgan fingerprint density at radius 1 is 1.22 bits per heavy atom. The fourth-order valence-corrected chi connectivity index (χ4v) is 2.75. The van der Waals surface area contributed by atoms with Gasteiger partial charge < -0.3 is 5.11 Å². The van der Waals surface area contributed by atoms with Gasteiger partial charge in [0.05, 0.1) is 0 Å². The predicted octanol–water partition coefficient (Wildman–Crippen LogP) is 2.77. The highest BCUT2D eigenvalue weighted by atomic mass is 16.3. The van der Waals surface area contributed by atoms with Crippen molar-refractivity contribution < 1.29 is 5.11 Å². The number of rotatable bonds is 6. The van der Waals surface area contributed by atoms with E-state index in [2.05, 4.69) is 36.9 Å². The molecule has 0 heterocycles. The number of hydrogen-bond donors (Lipinski definition) is 1. The van der Waals surface area contributed by atoms with E-state index < -0.39 is 0 Å². The van der Waals surface area contributed by atoms with Crippen LogP contribution in [0.3, 0.4) is 0 Å². The first-order valence-electron chi connectivity index (χ1n) is 7.16. The smallest absolute Gasteiger partial charge is 0.0443 e. The van der Waals surface area contributed by atoms with Crippen molar-refractivity contribution in [2.24, 2.45) is 0 Å². The molecule has 18 heavy (non-hydrogen) atoms. The molecular weight excluding hydrogens is 222 g/mol. The summed E-state index contributed by atoms with van der Waals surface area (Å²) < 4.78 is 0. The predicted molar refractivity (Wildman–Crippen MR) is 75.7 cm³/mol. The quantitative estimate of drug-likeness (QED) is 0.835. The molecule has 0 saturated carbocycles. The molecule has 0 radical (unpaired) electrons. The topological polar surface area (TPSA) is 23.5 Å². The van der Waals surface area contributed by atoms with Gasteiger partial charge in [-0.3, -0.25) is 4.90 Å². The highest BCUT2D eigenvalue weighted by molar-refractivity contribution is 5.35. The first-order valence-corrected chi connectivity index (χ1v) is 7.16. The summed E-state index contributed by atoms with van der Waals surface area (Å²) in [6.45, 7) is 6.72. The van der Waals surface area contributed by atoms with Gasteiger partial charge in [0.25, 0.3) is 0 Å². The molecule has 0 aromatic heterocycles. The second-order valence-electron chi connectivity index (χ2n) is 5.60. The van der Waals surface area contributed by atoms with Crippen LogP contribution in [0.4, 0.5) is 0 Å². The first kappa shape index (κ1) is 13.6. The summed E-state index contributed by atoms with van der Waals surface area (Å²) >= 11 is 0. The van der Waals surface area contributed by atoms with Crippen molar-refractivity contribution in [1.29, 1.82) is 0 Å². The van der Waals surface area contributed by atoms with Crippen LogP contribution in [0.15, 0.2) is 18.2 Å². The Morgan fingerprint density at radius 2 is 2.00 bits per heavy atom. The van der Waals surface area contributed by atoms with Crippen molar-refractivity contribution >= 4 is 0 Å². The molecular formula is C16H25NO. The second kappa shape index (κ2) is 6.35. The molecule has 2 nitrogen and oxygen atoms in total. The van der Waals surface area contributed by atoms with Gasteiger partial charge in [-0.25, -0.2) is 0 Å². The highest BCUT2D eigenvalue weighted by Gasteiger charge is 2.13. The van der Waals surface area contributed by atoms with E-state index in [1.807, 2.05) is 0 Å². The Labute approximate surface area is 111 Å². The van der Waals surface area contributed by atoms with Gasteiger partial charge in [-0.15, -0.1) is 0 Å². The van der Waals surface area contributed by atoms with Gasteiger partial charge in [0.1, 0.15) is 0 Å². The lowest BCUT2D eigenvalue weighted by molar-refractivity contribution is 0.185. The molecule has 0 aliphatic heterocycles. The van der Waals surface area contributed by atoms with Crippen molar-refractivity contribution in [1.82, 2.24) is 4.90 Å². The lowest BCUT2D eigenvalue weighted by Crippen LogP contribution is -2.31. The van der Waals surface area contributed by atoms with Crippen LogP contribution < -0.4 is 0 Å². The number of hydrogen-bond acceptors (Lipinski definition) is 2. The monoisotopic (exact) mass is 247 g/mol. The lowest BCUT2D eigenvalue weighted by atomic mass is 10.1. The maximum absolute atomic E-state index is 8.96. The molecule has 1 N–H and O–H groups in total. The number of benzene rings is 1. The largest absolute Gasteiger partial charge is 0.396 e. The number of nitrogens with zero attached hydrogens (tertiary/aromatic N) is 1. The number of aliphatic hydroxyl groups is 1. The molecule has 1 aliphatic rings. The molecule has 2 rings (SSSR count). The SMILES string of the molecule is CC(C)N(CCCO)Cc1ccc2c(c1)CCC2. The summed E-state index contributed by atoms with van der Waals surface area (Å²) in [5.41, 5.74) is 4.52. The summed E-state index contributed by atoms with van der Waals surface area (Å²) in [6, 6.07) is 7.50. The molecule has 0 atom stereocenters. The molecule has 0 saturated heterocycles. The van der Waals surface area contributed by atoms with Crippen LogP contribution in [0.2, 0.25) is 0 Å². The zero-order chi connectivity index (χ0) is 13.0. The molecule has 0 fully saturated rings. The third-order valence-electron chi connectivity index (χ3n) is 3.88. The second-order valence-corrected chi connectivity index (χ2v) is 5.60. The third-order valence-corrected chi connectivity index (χ3v) is 3.88. The van der Waals surface area contributed by atoms with Crippen LogP contribution in [-0.2, 0) is 19.4 Å². The summed E-state index contributed by atoms with van der Waals surface area (Å²) in [7, 11) is 0. The molecule has 0 bridgehead atoms. The Balaban J connectivity index is 2.02. The first-order chi connectivity index (χ1) is 8.70. The summed E-state index contributed by atoms with van der Waals surface area (Å²) in [6.07, 6.45) is 4.69. The zero-order valence-corrected chi connectivity index (χ0v) is 11.7. The molecule has 0 amide bonds. The van der Waals surface area contributed by atoms with E-state index in [-0.39, 0.29) is 6.61 Å². The van der Waals surface area contributed by atoms with Crippen LogP contribution in [0.25, 0.3) is 0 Å². The van der Waals surface area contributed by atoms with E-state index in [1.54, 1.807) is 11.1 Å². The molecule has 2 heteroatoms. The van der Waals surface area contributed by atoms with E-state index in [0.29, 0.717) is 6.04 Å². The van der Waals surface area contributed by atoms with Crippen LogP contribution in [0.1, 0.15) is 43.4 Å². The maximum Gasteiger partial charge on any atom is 0.0443 e. The molecule has 100 valence electrons. The van der Waals surface area contributed by atoms with E-state index in [0.717, 1.165) is 19.5 Å². The van der Waals surface area contributed by atoms with E-state index in [9.17, 15) is 0 Å². The maximum atomic E-state index is 8.96. The average Bonchev–Trinajstić information content (AvgIpc) is 2.81. The summed E-state index contributed by atoms with van der Waals surface area (Å²) in [4.78, 5) is 2.44. The molecule has 0 unspecified atom stereocenters. The Morgan fingerprint density at radius 3 is 2.72 bits per heavy atom. The van der Waals surface area contributed by atoms with Gasteiger partial charge in [0.15, 0.2) is 0 Å². The summed E-state index contributed by atoms with van der Waals surface area (Å²) in [5.74, 6) is 0. The lowest BCUT2D eigenvalue weighted by Gasteiger charge is -2.26. The van der Waals surface area contributed by atoms with Crippen LogP contribution in [0, 0.1) is 0 Å². The Bertz CT molecular complexity index is 387. The standard InChI is InChI=1S/C16H25NO/c1-13(2)17(9-4-10-18)12-14-7-8-15-5-3-6-16(15)11-14/h7-8,11,13,18H,3-6,9-10,12H2,1-2H3. The van der Waals surface area contributed by atoms with E-state index in [1.165, 1.54) is 24.8 Å². The molecule has 1 aliphatic carbocycles. The van der Waals surface area contributed by atoms with E-state index in [4.69, 9.17) is 5.11 Å². The van der Waals surface area contributed by atoms with Crippen LogP contribution >= 0.6 is 0 Å².